The van der Waals surface area contributed by atoms with E-state index in [1.54, 1.807) is 30.3 Å². The molecule has 3 aromatic rings. The van der Waals surface area contributed by atoms with Crippen LogP contribution in [0.4, 0.5) is 5.69 Å². The van der Waals surface area contributed by atoms with E-state index in [1.807, 2.05) is 24.3 Å². The number of amides is 2. The van der Waals surface area contributed by atoms with Crippen molar-refractivity contribution in [1.29, 1.82) is 0 Å². The van der Waals surface area contributed by atoms with Crippen molar-refractivity contribution in [3.63, 3.8) is 0 Å². The molecule has 6 nitrogen and oxygen atoms in total. The first-order chi connectivity index (χ1) is 16.3. The van der Waals surface area contributed by atoms with E-state index in [9.17, 15) is 9.59 Å². The Morgan fingerprint density at radius 1 is 0.971 bits per heavy atom. The quantitative estimate of drug-likeness (QED) is 0.226. The highest BCUT2D eigenvalue weighted by Gasteiger charge is 2.34. The van der Waals surface area contributed by atoms with Crippen molar-refractivity contribution in [2.75, 3.05) is 12.1 Å². The summed E-state index contributed by atoms with van der Waals surface area (Å²) in [4.78, 5) is 25.5. The van der Waals surface area contributed by atoms with Crippen LogP contribution in [0.1, 0.15) is 11.1 Å². The number of hydrogen-bond acceptors (Lipinski definition) is 4. The average molecular weight is 716 g/mol. The van der Waals surface area contributed by atoms with Gasteiger partial charge in [-0.3, -0.25) is 15.0 Å². The summed E-state index contributed by atoms with van der Waals surface area (Å²) < 4.78 is 14.7. The SMILES string of the molecule is COc1cc(/C=C2/C(=O)NN(c3ccccc3)C2=O)c(Br)c(Br)c1OCc1ccc(Br)cc1Br. The number of carbonyl (C=O) groups is 2. The lowest BCUT2D eigenvalue weighted by Crippen LogP contribution is -2.35. The van der Waals surface area contributed by atoms with E-state index in [0.717, 1.165) is 14.5 Å². The molecule has 0 aliphatic carbocycles. The van der Waals surface area contributed by atoms with Crippen molar-refractivity contribution < 1.29 is 19.1 Å². The van der Waals surface area contributed by atoms with Crippen LogP contribution in [0.2, 0.25) is 0 Å². The predicted molar refractivity (Wildman–Crippen MR) is 145 cm³/mol. The van der Waals surface area contributed by atoms with E-state index in [4.69, 9.17) is 9.47 Å². The van der Waals surface area contributed by atoms with Crippen LogP contribution < -0.4 is 19.9 Å². The molecule has 0 bridgehead atoms. The Kier molecular flexibility index (Phi) is 7.81. The summed E-state index contributed by atoms with van der Waals surface area (Å²) in [5.41, 5.74) is 4.71. The van der Waals surface area contributed by atoms with Gasteiger partial charge in [-0.2, -0.15) is 0 Å². The number of halogens is 4. The number of nitrogens with one attached hydrogen (secondary N) is 1. The molecule has 1 aliphatic heterocycles. The van der Waals surface area contributed by atoms with Crippen LogP contribution in [-0.2, 0) is 16.2 Å². The predicted octanol–water partition coefficient (Wildman–Crippen LogP) is 6.79. The van der Waals surface area contributed by atoms with Gasteiger partial charge in [0, 0.05) is 19.0 Å². The topological polar surface area (TPSA) is 67.9 Å². The highest BCUT2D eigenvalue weighted by Crippen LogP contribution is 2.44. The monoisotopic (exact) mass is 712 g/mol. The van der Waals surface area contributed by atoms with E-state index in [-0.39, 0.29) is 5.57 Å². The number of anilines is 1. The summed E-state index contributed by atoms with van der Waals surface area (Å²) in [6, 6.07) is 16.4. The molecule has 3 aromatic carbocycles. The lowest BCUT2D eigenvalue weighted by molar-refractivity contribution is -0.117. The van der Waals surface area contributed by atoms with Crippen molar-refractivity contribution in [3.8, 4) is 11.5 Å². The first-order valence-corrected chi connectivity index (χ1v) is 13.0. The summed E-state index contributed by atoms with van der Waals surface area (Å²) in [6.45, 7) is 0.294. The van der Waals surface area contributed by atoms with Gasteiger partial charge >= 0.3 is 0 Å². The van der Waals surface area contributed by atoms with Crippen LogP contribution >= 0.6 is 63.7 Å². The Morgan fingerprint density at radius 3 is 2.38 bits per heavy atom. The third-order valence-corrected chi connectivity index (χ3v) is 8.34. The van der Waals surface area contributed by atoms with Crippen LogP contribution in [0.3, 0.4) is 0 Å². The Labute approximate surface area is 229 Å². The molecular weight excluding hydrogens is 700 g/mol. The molecule has 4 rings (SSSR count). The van der Waals surface area contributed by atoms with Crippen molar-refractivity contribution in [1.82, 2.24) is 5.43 Å². The second-order valence-corrected chi connectivity index (χ2v) is 10.5. The van der Waals surface area contributed by atoms with Crippen LogP contribution in [0, 0.1) is 0 Å². The number of benzene rings is 3. The zero-order chi connectivity index (χ0) is 24.4. The number of methoxy groups -OCH3 is 1. The number of carbonyl (C=O) groups excluding carboxylic acids is 2. The average Bonchev–Trinajstić information content (AvgIpc) is 3.11. The summed E-state index contributed by atoms with van der Waals surface area (Å²) in [7, 11) is 1.53. The van der Waals surface area contributed by atoms with Gasteiger partial charge in [-0.25, -0.2) is 5.01 Å². The number of para-hydroxylation sites is 1. The van der Waals surface area contributed by atoms with E-state index in [2.05, 4.69) is 69.1 Å². The molecule has 0 radical (unpaired) electrons. The summed E-state index contributed by atoms with van der Waals surface area (Å²) in [5, 5.41) is 1.22. The molecule has 1 fully saturated rings. The number of hydrazine groups is 1. The fraction of sp³-hybridized carbons (Fsp3) is 0.0833. The van der Waals surface area contributed by atoms with Gasteiger partial charge in [0.05, 0.1) is 17.3 Å². The molecule has 0 spiro atoms. The largest absolute Gasteiger partial charge is 0.493 e. The standard InChI is InChI=1S/C24H16Br4N2O4/c1-33-19-10-14(9-17-23(31)29-30(24(17)32)16-5-3-2-4-6-16)20(27)21(28)22(19)34-12-13-7-8-15(25)11-18(13)26/h2-11H,12H2,1H3,(H,29,31)/b17-9-. The third kappa shape index (κ3) is 5.10. The molecular formula is C24H16Br4N2O4. The number of nitrogens with zero attached hydrogens (tertiary/aromatic N) is 1. The maximum Gasteiger partial charge on any atom is 0.282 e. The molecule has 10 heteroatoms. The molecule has 174 valence electrons. The van der Waals surface area contributed by atoms with Crippen LogP contribution in [0.5, 0.6) is 11.5 Å². The summed E-state index contributed by atoms with van der Waals surface area (Å²) in [5.74, 6) is -0.00440. The lowest BCUT2D eigenvalue weighted by atomic mass is 10.1. The van der Waals surface area contributed by atoms with Crippen LogP contribution in [-0.4, -0.2) is 18.9 Å². The first-order valence-electron chi connectivity index (χ1n) is 9.85. The van der Waals surface area contributed by atoms with Gasteiger partial charge in [0.25, 0.3) is 11.8 Å². The van der Waals surface area contributed by atoms with E-state index in [1.165, 1.54) is 18.2 Å². The number of ether oxygens (including phenoxy) is 2. The highest BCUT2D eigenvalue weighted by molar-refractivity contribution is 9.13. The third-order valence-electron chi connectivity index (χ3n) is 4.97. The normalized spacial score (nSPS) is 14.5. The minimum atomic E-state index is -0.490. The maximum absolute atomic E-state index is 12.9. The van der Waals surface area contributed by atoms with E-state index < -0.39 is 11.8 Å². The molecule has 34 heavy (non-hydrogen) atoms. The summed E-state index contributed by atoms with van der Waals surface area (Å²) in [6.07, 6.45) is 1.52. The Hall–Kier alpha value is -2.14. The number of hydrogen-bond donors (Lipinski definition) is 1. The molecule has 1 saturated heterocycles. The second-order valence-electron chi connectivity index (χ2n) is 7.12. The van der Waals surface area contributed by atoms with Gasteiger partial charge < -0.3 is 9.47 Å². The van der Waals surface area contributed by atoms with Crippen molar-refractivity contribution >= 4 is 87.3 Å². The molecule has 0 unspecified atom stereocenters. The zero-order valence-electron chi connectivity index (χ0n) is 17.6. The van der Waals surface area contributed by atoms with Crippen molar-refractivity contribution in [3.05, 3.63) is 89.2 Å². The van der Waals surface area contributed by atoms with Gasteiger partial charge in [-0.05, 0) is 73.8 Å². The van der Waals surface area contributed by atoms with Crippen LogP contribution in [0.15, 0.2) is 78.1 Å². The Balaban J connectivity index is 1.65. The van der Waals surface area contributed by atoms with Gasteiger partial charge in [-0.1, -0.05) is 56.1 Å². The molecule has 1 aliphatic rings. The Bertz CT molecular complexity index is 1310. The fourth-order valence-electron chi connectivity index (χ4n) is 3.26. The van der Waals surface area contributed by atoms with Gasteiger partial charge in [-0.15, -0.1) is 0 Å². The molecule has 0 aromatic heterocycles. The van der Waals surface area contributed by atoms with Gasteiger partial charge in [0.2, 0.25) is 0 Å². The molecule has 1 heterocycles. The molecule has 2 amide bonds. The van der Waals surface area contributed by atoms with E-state index >= 15 is 0 Å². The smallest absolute Gasteiger partial charge is 0.282 e. The van der Waals surface area contributed by atoms with Crippen molar-refractivity contribution in [2.45, 2.75) is 6.61 Å². The van der Waals surface area contributed by atoms with Gasteiger partial charge in [0.15, 0.2) is 11.5 Å². The van der Waals surface area contributed by atoms with Crippen molar-refractivity contribution in [2.24, 2.45) is 0 Å². The first kappa shape index (κ1) is 25.0. The second kappa shape index (κ2) is 10.6. The molecule has 0 saturated carbocycles. The zero-order valence-corrected chi connectivity index (χ0v) is 23.9. The minimum absolute atomic E-state index is 0.00553. The summed E-state index contributed by atoms with van der Waals surface area (Å²) >= 11 is 14.1. The van der Waals surface area contributed by atoms with Crippen LogP contribution in [0.25, 0.3) is 6.08 Å². The maximum atomic E-state index is 12.9. The highest BCUT2D eigenvalue weighted by atomic mass is 79.9. The minimum Gasteiger partial charge on any atom is -0.493 e. The molecule has 1 N–H and O–H groups in total. The van der Waals surface area contributed by atoms with E-state index in [0.29, 0.717) is 38.3 Å². The molecule has 0 atom stereocenters. The number of rotatable bonds is 6. The Morgan fingerprint density at radius 2 is 1.71 bits per heavy atom. The lowest BCUT2D eigenvalue weighted by Gasteiger charge is -2.16. The van der Waals surface area contributed by atoms with Gasteiger partial charge in [0.1, 0.15) is 12.2 Å². The fourth-order valence-corrected chi connectivity index (χ4v) is 5.37.